The molecule has 0 aliphatic carbocycles. The quantitative estimate of drug-likeness (QED) is 0.847. The highest BCUT2D eigenvalue weighted by Crippen LogP contribution is 2.20. The third kappa shape index (κ3) is 2.51. The van der Waals surface area contributed by atoms with Gasteiger partial charge >= 0.3 is 0 Å². The van der Waals surface area contributed by atoms with Gasteiger partial charge in [-0.05, 0) is 37.0 Å². The van der Waals surface area contributed by atoms with Crippen LogP contribution in [0.5, 0.6) is 5.88 Å². The minimum atomic E-state index is 0.511. The van der Waals surface area contributed by atoms with Crippen molar-refractivity contribution in [3.05, 3.63) is 46.6 Å². The van der Waals surface area contributed by atoms with Gasteiger partial charge in [0.2, 0.25) is 5.88 Å². The predicted octanol–water partition coefficient (Wildman–Crippen LogP) is 3.45. The molecule has 2 aromatic rings. The van der Waals surface area contributed by atoms with Gasteiger partial charge in [0.25, 0.3) is 0 Å². The maximum absolute atomic E-state index is 5.93. The molecule has 0 bridgehead atoms. The molecule has 2 heterocycles. The fraction of sp³-hybridized carbons (Fsp3) is 0.357. The van der Waals surface area contributed by atoms with Gasteiger partial charge < -0.3 is 4.74 Å². The number of aromatic nitrogens is 2. The van der Waals surface area contributed by atoms with Gasteiger partial charge in [-0.2, -0.15) is 0 Å². The molecule has 3 rings (SSSR count). The van der Waals surface area contributed by atoms with E-state index in [2.05, 4.69) is 9.78 Å². The molecule has 0 spiro atoms. The minimum absolute atomic E-state index is 0.511. The number of fused-ring (bicyclic) bond motifs is 1. The van der Waals surface area contributed by atoms with E-state index in [0.717, 1.165) is 23.6 Å². The molecular weight excluding hydrogens is 248 g/mol. The standard InChI is InChI=1S/C14H15ClN2O/c15-12-5-3-4-11(8-12)10-18-14-9-13-6-1-2-7-17(13)16-14/h3-5,8-9H,1-2,6-7,10H2. The summed E-state index contributed by atoms with van der Waals surface area (Å²) in [6.07, 6.45) is 3.56. The van der Waals surface area contributed by atoms with Crippen LogP contribution in [0.2, 0.25) is 5.02 Å². The van der Waals surface area contributed by atoms with Crippen molar-refractivity contribution in [3.8, 4) is 5.88 Å². The number of aryl methyl sites for hydroxylation is 2. The lowest BCUT2D eigenvalue weighted by atomic mass is 10.1. The SMILES string of the molecule is Clc1cccc(COc2cc3n(n2)CCCC3)c1. The molecule has 3 nitrogen and oxygen atoms in total. The molecule has 1 aromatic heterocycles. The van der Waals surface area contributed by atoms with Gasteiger partial charge in [0.15, 0.2) is 0 Å². The van der Waals surface area contributed by atoms with Crippen molar-refractivity contribution in [3.63, 3.8) is 0 Å². The molecule has 0 N–H and O–H groups in total. The Morgan fingerprint density at radius 1 is 1.28 bits per heavy atom. The number of hydrogen-bond acceptors (Lipinski definition) is 2. The molecule has 1 aliphatic heterocycles. The average Bonchev–Trinajstić information content (AvgIpc) is 2.79. The molecule has 94 valence electrons. The Bertz CT molecular complexity index is 527. The number of hydrogen-bond donors (Lipinski definition) is 0. The van der Waals surface area contributed by atoms with Gasteiger partial charge in [0.05, 0.1) is 0 Å². The third-order valence-electron chi connectivity index (χ3n) is 3.17. The smallest absolute Gasteiger partial charge is 0.233 e. The minimum Gasteiger partial charge on any atom is -0.472 e. The maximum atomic E-state index is 5.93. The van der Waals surface area contributed by atoms with E-state index in [0.29, 0.717) is 12.5 Å². The molecular formula is C14H15ClN2O. The Hall–Kier alpha value is -1.48. The van der Waals surface area contributed by atoms with E-state index in [1.165, 1.54) is 18.5 Å². The van der Waals surface area contributed by atoms with Crippen molar-refractivity contribution < 1.29 is 4.74 Å². The summed E-state index contributed by atoms with van der Waals surface area (Å²) in [4.78, 5) is 0. The Morgan fingerprint density at radius 2 is 2.22 bits per heavy atom. The van der Waals surface area contributed by atoms with Crippen LogP contribution < -0.4 is 4.74 Å². The van der Waals surface area contributed by atoms with E-state index in [-0.39, 0.29) is 0 Å². The number of nitrogens with zero attached hydrogens (tertiary/aromatic N) is 2. The summed E-state index contributed by atoms with van der Waals surface area (Å²) in [5.41, 5.74) is 2.34. The van der Waals surface area contributed by atoms with E-state index in [4.69, 9.17) is 16.3 Å². The molecule has 4 heteroatoms. The first kappa shape index (κ1) is 11.6. The lowest BCUT2D eigenvalue weighted by Gasteiger charge is -2.11. The topological polar surface area (TPSA) is 27.1 Å². The number of ether oxygens (including phenoxy) is 1. The van der Waals surface area contributed by atoms with Crippen molar-refractivity contribution in [1.29, 1.82) is 0 Å². The number of halogens is 1. The summed E-state index contributed by atoms with van der Waals surface area (Å²) in [6.45, 7) is 1.52. The molecule has 1 aromatic carbocycles. The number of rotatable bonds is 3. The van der Waals surface area contributed by atoms with Crippen LogP contribution in [0.1, 0.15) is 24.1 Å². The van der Waals surface area contributed by atoms with E-state index in [1.54, 1.807) is 0 Å². The Labute approximate surface area is 111 Å². The van der Waals surface area contributed by atoms with E-state index < -0.39 is 0 Å². The molecule has 0 unspecified atom stereocenters. The Morgan fingerprint density at radius 3 is 3.06 bits per heavy atom. The normalized spacial score (nSPS) is 14.3. The van der Waals surface area contributed by atoms with E-state index in [9.17, 15) is 0 Å². The lowest BCUT2D eigenvalue weighted by molar-refractivity contribution is 0.288. The summed E-state index contributed by atoms with van der Waals surface area (Å²) >= 11 is 5.93. The zero-order valence-corrected chi connectivity index (χ0v) is 10.9. The molecule has 1 aliphatic rings. The molecule has 0 fully saturated rings. The molecule has 0 saturated carbocycles. The van der Waals surface area contributed by atoms with Crippen LogP contribution in [-0.2, 0) is 19.6 Å². The second-order valence-corrected chi connectivity index (χ2v) is 5.01. The lowest BCUT2D eigenvalue weighted by Crippen LogP contribution is -2.10. The second kappa shape index (κ2) is 5.02. The second-order valence-electron chi connectivity index (χ2n) is 4.57. The van der Waals surface area contributed by atoms with Crippen molar-refractivity contribution in [2.45, 2.75) is 32.4 Å². The van der Waals surface area contributed by atoms with E-state index >= 15 is 0 Å². The highest BCUT2D eigenvalue weighted by atomic mass is 35.5. The maximum Gasteiger partial charge on any atom is 0.233 e. The summed E-state index contributed by atoms with van der Waals surface area (Å²) in [5.74, 6) is 0.715. The van der Waals surface area contributed by atoms with Gasteiger partial charge in [0.1, 0.15) is 6.61 Å². The molecule has 0 saturated heterocycles. The summed E-state index contributed by atoms with van der Waals surface area (Å²) in [6, 6.07) is 9.75. The van der Waals surface area contributed by atoms with Gasteiger partial charge in [-0.1, -0.05) is 23.7 Å². The summed E-state index contributed by atoms with van der Waals surface area (Å²) < 4.78 is 7.76. The zero-order valence-electron chi connectivity index (χ0n) is 10.1. The number of benzene rings is 1. The first-order valence-corrected chi connectivity index (χ1v) is 6.63. The van der Waals surface area contributed by atoms with Crippen molar-refractivity contribution in [1.82, 2.24) is 9.78 Å². The summed E-state index contributed by atoms with van der Waals surface area (Å²) in [5, 5.41) is 5.19. The van der Waals surface area contributed by atoms with Crippen LogP contribution in [0.4, 0.5) is 0 Å². The van der Waals surface area contributed by atoms with Gasteiger partial charge in [-0.25, -0.2) is 0 Å². The highest BCUT2D eigenvalue weighted by Gasteiger charge is 2.12. The first-order valence-electron chi connectivity index (χ1n) is 6.25. The predicted molar refractivity (Wildman–Crippen MR) is 70.9 cm³/mol. The van der Waals surface area contributed by atoms with Crippen molar-refractivity contribution in [2.24, 2.45) is 0 Å². The first-order chi connectivity index (χ1) is 8.81. The Balaban J connectivity index is 1.68. The monoisotopic (exact) mass is 262 g/mol. The molecule has 0 atom stereocenters. The Kier molecular flexibility index (Phi) is 3.24. The molecule has 0 amide bonds. The van der Waals surface area contributed by atoms with Crippen LogP contribution in [0.15, 0.2) is 30.3 Å². The third-order valence-corrected chi connectivity index (χ3v) is 3.40. The van der Waals surface area contributed by atoms with Gasteiger partial charge in [0, 0.05) is 23.3 Å². The van der Waals surface area contributed by atoms with Crippen LogP contribution in [0.3, 0.4) is 0 Å². The zero-order chi connectivity index (χ0) is 12.4. The largest absolute Gasteiger partial charge is 0.472 e. The van der Waals surface area contributed by atoms with Crippen LogP contribution in [0, 0.1) is 0 Å². The highest BCUT2D eigenvalue weighted by molar-refractivity contribution is 6.30. The van der Waals surface area contributed by atoms with Gasteiger partial charge in [-0.3, -0.25) is 4.68 Å². The van der Waals surface area contributed by atoms with E-state index in [1.807, 2.05) is 30.3 Å². The van der Waals surface area contributed by atoms with Crippen LogP contribution in [0.25, 0.3) is 0 Å². The average molecular weight is 263 g/mol. The summed E-state index contributed by atoms with van der Waals surface area (Å²) in [7, 11) is 0. The fourth-order valence-corrected chi connectivity index (χ4v) is 2.46. The van der Waals surface area contributed by atoms with Crippen LogP contribution in [-0.4, -0.2) is 9.78 Å². The van der Waals surface area contributed by atoms with Gasteiger partial charge in [-0.15, -0.1) is 5.10 Å². The van der Waals surface area contributed by atoms with Crippen molar-refractivity contribution in [2.75, 3.05) is 0 Å². The van der Waals surface area contributed by atoms with Crippen LogP contribution >= 0.6 is 11.6 Å². The molecule has 18 heavy (non-hydrogen) atoms. The molecule has 0 radical (unpaired) electrons. The van der Waals surface area contributed by atoms with Crippen molar-refractivity contribution >= 4 is 11.6 Å². The fourth-order valence-electron chi connectivity index (χ4n) is 2.25.